The molecule has 1 atom stereocenters. The summed E-state index contributed by atoms with van der Waals surface area (Å²) < 4.78 is 33.6. The average Bonchev–Trinajstić information content (AvgIpc) is 2.47. The van der Waals surface area contributed by atoms with Crippen LogP contribution >= 0.6 is 0 Å². The Hall–Kier alpha value is -1.66. The van der Waals surface area contributed by atoms with Crippen LogP contribution in [0.25, 0.3) is 0 Å². The smallest absolute Gasteiger partial charge is 0.288 e. The van der Waals surface area contributed by atoms with Crippen molar-refractivity contribution in [2.45, 2.75) is 16.7 Å². The highest BCUT2D eigenvalue weighted by molar-refractivity contribution is 7.99. The standard InChI is InChI=1S/C15H17NO3S2/c1-12-4-10-15(11-5-12)21(17,18)16-20(3)14-8-6-13(19-2)7-9-14/h4-11H,1-3H3/t20-/m1/s1. The lowest BCUT2D eigenvalue weighted by atomic mass is 10.2. The van der Waals surface area contributed by atoms with Crippen molar-refractivity contribution in [3.63, 3.8) is 0 Å². The van der Waals surface area contributed by atoms with Crippen LogP contribution in [0.4, 0.5) is 0 Å². The number of benzene rings is 2. The molecular formula is C15H17NO3S2. The lowest BCUT2D eigenvalue weighted by Crippen LogP contribution is -2.00. The Bertz CT molecular complexity index is 749. The molecule has 0 fully saturated rings. The second-order valence-electron chi connectivity index (χ2n) is 4.52. The summed E-state index contributed by atoms with van der Waals surface area (Å²) in [6, 6.07) is 14.0. The number of nitrogens with zero attached hydrogens (tertiary/aromatic N) is 1. The van der Waals surface area contributed by atoms with Crippen LogP contribution in [0, 0.1) is 6.92 Å². The molecule has 0 heterocycles. The van der Waals surface area contributed by atoms with Gasteiger partial charge in [-0.2, -0.15) is 8.42 Å². The molecule has 21 heavy (non-hydrogen) atoms. The minimum atomic E-state index is -3.63. The first-order chi connectivity index (χ1) is 9.92. The van der Waals surface area contributed by atoms with E-state index in [1.807, 2.05) is 19.1 Å². The number of rotatable bonds is 4. The summed E-state index contributed by atoms with van der Waals surface area (Å²) in [5.74, 6) is 0.733. The van der Waals surface area contributed by atoms with E-state index < -0.39 is 20.7 Å². The summed E-state index contributed by atoms with van der Waals surface area (Å²) in [4.78, 5) is 1.08. The Labute approximate surface area is 127 Å². The molecule has 0 aromatic heterocycles. The predicted molar refractivity (Wildman–Crippen MR) is 85.3 cm³/mol. The summed E-state index contributed by atoms with van der Waals surface area (Å²) in [5.41, 5.74) is 1.01. The molecule has 0 unspecified atom stereocenters. The molecular weight excluding hydrogens is 306 g/mol. The molecule has 6 heteroatoms. The van der Waals surface area contributed by atoms with Crippen molar-refractivity contribution >= 4 is 20.7 Å². The molecule has 2 rings (SSSR count). The van der Waals surface area contributed by atoms with Crippen molar-refractivity contribution in [3.05, 3.63) is 54.1 Å². The largest absolute Gasteiger partial charge is 0.497 e. The van der Waals surface area contributed by atoms with Gasteiger partial charge in [0.15, 0.2) is 0 Å². The Morgan fingerprint density at radius 2 is 1.57 bits per heavy atom. The van der Waals surface area contributed by atoms with E-state index in [-0.39, 0.29) is 4.90 Å². The quantitative estimate of drug-likeness (QED) is 0.868. The van der Waals surface area contributed by atoms with E-state index in [9.17, 15) is 8.42 Å². The molecule has 0 saturated heterocycles. The van der Waals surface area contributed by atoms with Crippen molar-refractivity contribution in [3.8, 4) is 5.75 Å². The van der Waals surface area contributed by atoms with Crippen LogP contribution in [0.2, 0.25) is 0 Å². The van der Waals surface area contributed by atoms with Gasteiger partial charge in [-0.25, -0.2) is 0 Å². The lowest BCUT2D eigenvalue weighted by molar-refractivity contribution is 0.414. The van der Waals surface area contributed by atoms with E-state index >= 15 is 0 Å². The van der Waals surface area contributed by atoms with E-state index in [0.717, 1.165) is 16.2 Å². The summed E-state index contributed by atoms with van der Waals surface area (Å²) >= 11 is 0. The molecule has 0 aliphatic rings. The van der Waals surface area contributed by atoms with Crippen molar-refractivity contribution in [1.29, 1.82) is 0 Å². The summed E-state index contributed by atoms with van der Waals surface area (Å²) in [6.07, 6.45) is 1.79. The molecule has 2 aromatic carbocycles. The van der Waals surface area contributed by atoms with E-state index in [1.165, 1.54) is 0 Å². The maximum Gasteiger partial charge on any atom is 0.288 e. The second-order valence-corrected chi connectivity index (χ2v) is 7.96. The van der Waals surface area contributed by atoms with Gasteiger partial charge in [0, 0.05) is 4.90 Å². The third-order valence-electron chi connectivity index (χ3n) is 2.93. The van der Waals surface area contributed by atoms with Gasteiger partial charge in [0.1, 0.15) is 5.75 Å². The molecule has 0 aliphatic heterocycles. The van der Waals surface area contributed by atoms with E-state index in [1.54, 1.807) is 49.8 Å². The average molecular weight is 323 g/mol. The van der Waals surface area contributed by atoms with Crippen molar-refractivity contribution in [1.82, 2.24) is 0 Å². The summed E-state index contributed by atoms with van der Waals surface area (Å²) in [6.45, 7) is 1.91. The van der Waals surface area contributed by atoms with Gasteiger partial charge >= 0.3 is 0 Å². The van der Waals surface area contributed by atoms with Crippen LogP contribution in [0.15, 0.2) is 62.1 Å². The third kappa shape index (κ3) is 3.92. The number of hydrogen-bond acceptors (Lipinski definition) is 3. The van der Waals surface area contributed by atoms with Crippen LogP contribution in [0.5, 0.6) is 5.75 Å². The Morgan fingerprint density at radius 3 is 2.10 bits per heavy atom. The molecule has 112 valence electrons. The zero-order valence-electron chi connectivity index (χ0n) is 12.1. The third-order valence-corrected chi connectivity index (χ3v) is 6.43. The highest BCUT2D eigenvalue weighted by Gasteiger charge is 2.13. The first kappa shape index (κ1) is 15.7. The zero-order chi connectivity index (χ0) is 15.5. The van der Waals surface area contributed by atoms with Crippen LogP contribution in [0.3, 0.4) is 0 Å². The molecule has 0 aliphatic carbocycles. The molecule has 0 bridgehead atoms. The zero-order valence-corrected chi connectivity index (χ0v) is 13.7. The monoisotopic (exact) mass is 323 g/mol. The number of hydrogen-bond donors (Lipinski definition) is 0. The Morgan fingerprint density at radius 1 is 1.00 bits per heavy atom. The fourth-order valence-corrected chi connectivity index (χ4v) is 4.59. The first-order valence-electron chi connectivity index (χ1n) is 6.27. The van der Waals surface area contributed by atoms with E-state index in [0.29, 0.717) is 0 Å². The number of ether oxygens (including phenoxy) is 1. The topological polar surface area (TPSA) is 55.7 Å². The van der Waals surface area contributed by atoms with Gasteiger partial charge in [0.25, 0.3) is 10.0 Å². The summed E-state index contributed by atoms with van der Waals surface area (Å²) in [5, 5.41) is 0. The van der Waals surface area contributed by atoms with Gasteiger partial charge in [0.2, 0.25) is 0 Å². The molecule has 0 spiro atoms. The lowest BCUT2D eigenvalue weighted by Gasteiger charge is -2.05. The van der Waals surface area contributed by atoms with Gasteiger partial charge in [-0.15, -0.1) is 3.77 Å². The van der Waals surface area contributed by atoms with Gasteiger partial charge in [-0.1, -0.05) is 28.4 Å². The predicted octanol–water partition coefficient (Wildman–Crippen LogP) is 3.18. The highest BCUT2D eigenvalue weighted by Crippen LogP contribution is 2.18. The van der Waals surface area contributed by atoms with Crippen molar-refractivity contribution in [2.24, 2.45) is 3.77 Å². The fourth-order valence-electron chi connectivity index (χ4n) is 1.72. The fraction of sp³-hybridized carbons (Fsp3) is 0.200. The minimum Gasteiger partial charge on any atom is -0.497 e. The molecule has 0 amide bonds. The van der Waals surface area contributed by atoms with Crippen LogP contribution in [-0.2, 0) is 20.7 Å². The van der Waals surface area contributed by atoms with Gasteiger partial charge in [0.05, 0.1) is 12.0 Å². The van der Waals surface area contributed by atoms with E-state index in [2.05, 4.69) is 3.77 Å². The Kier molecular flexibility index (Phi) is 4.80. The van der Waals surface area contributed by atoms with Crippen LogP contribution in [-0.4, -0.2) is 21.8 Å². The highest BCUT2D eigenvalue weighted by atomic mass is 32.3. The number of methoxy groups -OCH3 is 1. The number of sulfonamides is 1. The maximum absolute atomic E-state index is 12.3. The minimum absolute atomic E-state index is 0.223. The first-order valence-corrected chi connectivity index (χ1v) is 9.30. The normalized spacial score (nSPS) is 13.1. The van der Waals surface area contributed by atoms with Gasteiger partial charge in [-0.05, 0) is 49.6 Å². The molecule has 2 aromatic rings. The number of aryl methyl sites for hydroxylation is 1. The second kappa shape index (κ2) is 6.41. The molecule has 4 nitrogen and oxygen atoms in total. The van der Waals surface area contributed by atoms with Gasteiger partial charge in [-0.3, -0.25) is 0 Å². The van der Waals surface area contributed by atoms with Crippen molar-refractivity contribution < 1.29 is 13.2 Å². The van der Waals surface area contributed by atoms with Crippen LogP contribution in [0.1, 0.15) is 5.56 Å². The van der Waals surface area contributed by atoms with Crippen molar-refractivity contribution in [2.75, 3.05) is 13.4 Å². The molecule has 0 radical (unpaired) electrons. The van der Waals surface area contributed by atoms with Crippen LogP contribution < -0.4 is 4.74 Å². The van der Waals surface area contributed by atoms with Gasteiger partial charge < -0.3 is 4.74 Å². The molecule has 0 saturated carbocycles. The SMILES string of the molecule is COc1ccc([S@@](C)=NS(=O)(=O)c2ccc(C)cc2)cc1. The maximum atomic E-state index is 12.3. The van der Waals surface area contributed by atoms with E-state index in [4.69, 9.17) is 4.74 Å². The summed E-state index contributed by atoms with van der Waals surface area (Å²) in [7, 11) is -2.78. The molecule has 0 N–H and O–H groups in total. The Balaban J connectivity index is 2.33.